The Bertz CT molecular complexity index is 133. The van der Waals surface area contributed by atoms with E-state index in [0.717, 1.165) is 13.8 Å². The molecule has 0 spiro atoms. The highest BCUT2D eigenvalue weighted by atomic mass is 19.2. The highest BCUT2D eigenvalue weighted by Gasteiger charge is 2.04. The first-order valence-electron chi connectivity index (χ1n) is 2.08. The maximum Gasteiger partial charge on any atom is 0.196 e. The first-order valence-corrected chi connectivity index (χ1v) is 2.08. The molecule has 0 aliphatic heterocycles. The summed E-state index contributed by atoms with van der Waals surface area (Å²) in [6, 6.07) is 0. The van der Waals surface area contributed by atoms with Gasteiger partial charge in [-0.2, -0.15) is 0 Å². The second-order valence-corrected chi connectivity index (χ2v) is 1.40. The van der Waals surface area contributed by atoms with Crippen molar-refractivity contribution in [2.24, 2.45) is 0 Å². The number of rotatable bonds is 1. The van der Waals surface area contributed by atoms with Gasteiger partial charge in [-0.1, -0.05) is 0 Å². The lowest BCUT2D eigenvalue weighted by atomic mass is 10.3. The van der Waals surface area contributed by atoms with Crippen LogP contribution in [-0.4, -0.2) is 5.78 Å². The summed E-state index contributed by atoms with van der Waals surface area (Å²) < 4.78 is 23.4. The van der Waals surface area contributed by atoms with Crippen LogP contribution in [0.2, 0.25) is 0 Å². The second kappa shape index (κ2) is 2.55. The molecule has 0 heterocycles. The minimum absolute atomic E-state index is 0.870. The number of hydrogen-bond acceptors (Lipinski definition) is 1. The van der Waals surface area contributed by atoms with Gasteiger partial charge in [0.2, 0.25) is 0 Å². The zero-order valence-electron chi connectivity index (χ0n) is 4.66. The third kappa shape index (κ3) is 1.82. The second-order valence-electron chi connectivity index (χ2n) is 1.40. The van der Waals surface area contributed by atoms with E-state index in [9.17, 15) is 13.6 Å². The normalized spacial score (nSPS) is 13.0. The van der Waals surface area contributed by atoms with E-state index in [2.05, 4.69) is 0 Å². The highest BCUT2D eigenvalue weighted by molar-refractivity contribution is 5.91. The Balaban J connectivity index is 4.23. The van der Waals surface area contributed by atoms with Gasteiger partial charge in [0.1, 0.15) is 5.83 Å². The summed E-state index contributed by atoms with van der Waals surface area (Å²) in [7, 11) is 0. The van der Waals surface area contributed by atoms with Gasteiger partial charge < -0.3 is 0 Å². The molecule has 0 rings (SSSR count). The third-order valence-corrected chi connectivity index (χ3v) is 0.612. The van der Waals surface area contributed by atoms with Gasteiger partial charge in [-0.3, -0.25) is 4.79 Å². The Kier molecular flexibility index (Phi) is 2.31. The van der Waals surface area contributed by atoms with Crippen molar-refractivity contribution in [1.82, 2.24) is 0 Å². The van der Waals surface area contributed by atoms with Crippen molar-refractivity contribution in [3.8, 4) is 0 Å². The maximum absolute atomic E-state index is 11.8. The number of carbonyl (C=O) groups excluding carboxylic acids is 1. The van der Waals surface area contributed by atoms with Gasteiger partial charge in [0, 0.05) is 6.92 Å². The molecule has 0 amide bonds. The van der Waals surface area contributed by atoms with Crippen LogP contribution in [0.4, 0.5) is 8.78 Å². The van der Waals surface area contributed by atoms with Gasteiger partial charge in [0.15, 0.2) is 11.6 Å². The van der Waals surface area contributed by atoms with E-state index in [1.807, 2.05) is 0 Å². The molecule has 0 aromatic rings. The first-order chi connectivity index (χ1) is 3.55. The summed E-state index contributed by atoms with van der Waals surface area (Å²) in [6.07, 6.45) is 0. The van der Waals surface area contributed by atoms with Crippen LogP contribution in [0.25, 0.3) is 0 Å². The van der Waals surface area contributed by atoms with Crippen LogP contribution in [0, 0.1) is 0 Å². The predicted octanol–water partition coefficient (Wildman–Crippen LogP) is 1.75. The Morgan fingerprint density at radius 3 is 1.62 bits per heavy atom. The van der Waals surface area contributed by atoms with E-state index in [4.69, 9.17) is 0 Å². The fourth-order valence-electron chi connectivity index (χ4n) is 0.243. The topological polar surface area (TPSA) is 17.1 Å². The molecule has 0 saturated carbocycles. The summed E-state index contributed by atoms with van der Waals surface area (Å²) >= 11 is 0. The number of Topliss-reactive ketones (excluding diaryl/α,β-unsaturated/α-hetero) is 1. The van der Waals surface area contributed by atoms with E-state index in [1.165, 1.54) is 0 Å². The molecule has 0 fully saturated rings. The fourth-order valence-corrected chi connectivity index (χ4v) is 0.243. The molecular weight excluding hydrogens is 114 g/mol. The molecule has 0 aliphatic carbocycles. The standard InChI is InChI=1S/C5H6F2O/c1-3(6)5(7)4(2)8/h1-2H3. The molecule has 0 atom stereocenters. The van der Waals surface area contributed by atoms with Crippen molar-refractivity contribution in [2.45, 2.75) is 13.8 Å². The lowest BCUT2D eigenvalue weighted by molar-refractivity contribution is -0.115. The first kappa shape index (κ1) is 7.27. The largest absolute Gasteiger partial charge is 0.292 e. The molecule has 0 N–H and O–H groups in total. The summed E-state index contributed by atoms with van der Waals surface area (Å²) in [5.41, 5.74) is 0. The van der Waals surface area contributed by atoms with Crippen LogP contribution in [0.15, 0.2) is 11.7 Å². The van der Waals surface area contributed by atoms with E-state index < -0.39 is 17.4 Å². The maximum atomic E-state index is 11.8. The van der Waals surface area contributed by atoms with Crippen LogP contribution < -0.4 is 0 Å². The Labute approximate surface area is 46.0 Å². The quantitative estimate of drug-likeness (QED) is 0.482. The zero-order chi connectivity index (χ0) is 6.73. The molecule has 1 nitrogen and oxygen atoms in total. The summed E-state index contributed by atoms with van der Waals surface area (Å²) in [4.78, 5) is 9.91. The minimum Gasteiger partial charge on any atom is -0.292 e. The van der Waals surface area contributed by atoms with Gasteiger partial charge >= 0.3 is 0 Å². The zero-order valence-corrected chi connectivity index (χ0v) is 4.66. The monoisotopic (exact) mass is 120 g/mol. The molecule has 8 heavy (non-hydrogen) atoms. The van der Waals surface area contributed by atoms with E-state index in [-0.39, 0.29) is 0 Å². The van der Waals surface area contributed by atoms with Crippen LogP contribution in [0.5, 0.6) is 0 Å². The molecule has 3 heteroatoms. The molecule has 0 aromatic heterocycles. The summed E-state index contributed by atoms with van der Waals surface area (Å²) in [5.74, 6) is -3.22. The van der Waals surface area contributed by atoms with Gasteiger partial charge in [-0.05, 0) is 6.92 Å². The summed E-state index contributed by atoms with van der Waals surface area (Å²) in [5, 5.41) is 0. The van der Waals surface area contributed by atoms with Crippen molar-refractivity contribution in [2.75, 3.05) is 0 Å². The van der Waals surface area contributed by atoms with Crippen LogP contribution >= 0.6 is 0 Å². The van der Waals surface area contributed by atoms with E-state index >= 15 is 0 Å². The van der Waals surface area contributed by atoms with Crippen LogP contribution in [0.1, 0.15) is 13.8 Å². The van der Waals surface area contributed by atoms with Gasteiger partial charge in [-0.15, -0.1) is 0 Å². The number of allylic oxidation sites excluding steroid dienone is 2. The van der Waals surface area contributed by atoms with Gasteiger partial charge in [0.25, 0.3) is 0 Å². The molecule has 0 saturated heterocycles. The average molecular weight is 120 g/mol. The van der Waals surface area contributed by atoms with E-state index in [1.54, 1.807) is 0 Å². The molecule has 0 radical (unpaired) electrons. The number of halogens is 2. The Morgan fingerprint density at radius 1 is 1.25 bits per heavy atom. The smallest absolute Gasteiger partial charge is 0.196 e. The lowest BCUT2D eigenvalue weighted by Gasteiger charge is -1.85. The molecule has 0 bridgehead atoms. The molecule has 0 unspecified atom stereocenters. The number of ketones is 1. The Morgan fingerprint density at radius 2 is 1.62 bits per heavy atom. The third-order valence-electron chi connectivity index (χ3n) is 0.612. The Hall–Kier alpha value is -0.730. The van der Waals surface area contributed by atoms with Crippen LogP contribution in [0.3, 0.4) is 0 Å². The lowest BCUT2D eigenvalue weighted by Crippen LogP contribution is -1.90. The van der Waals surface area contributed by atoms with Crippen molar-refractivity contribution in [1.29, 1.82) is 0 Å². The fraction of sp³-hybridized carbons (Fsp3) is 0.400. The predicted molar refractivity (Wildman–Crippen MR) is 25.6 cm³/mol. The number of carbonyl (C=O) groups is 1. The molecule has 0 aromatic carbocycles. The number of hydrogen-bond donors (Lipinski definition) is 0. The van der Waals surface area contributed by atoms with Crippen LogP contribution in [-0.2, 0) is 4.79 Å². The summed E-state index contributed by atoms with van der Waals surface area (Å²) in [6.45, 7) is 1.87. The van der Waals surface area contributed by atoms with Crippen molar-refractivity contribution < 1.29 is 13.6 Å². The molecule has 46 valence electrons. The van der Waals surface area contributed by atoms with E-state index in [0.29, 0.717) is 0 Å². The minimum atomic E-state index is -1.29. The van der Waals surface area contributed by atoms with Crippen molar-refractivity contribution in [3.05, 3.63) is 11.7 Å². The SMILES string of the molecule is CC(=O)C(F)=C(C)F. The van der Waals surface area contributed by atoms with Gasteiger partial charge in [0.05, 0.1) is 0 Å². The van der Waals surface area contributed by atoms with Crippen molar-refractivity contribution in [3.63, 3.8) is 0 Å². The molecule has 0 aliphatic rings. The van der Waals surface area contributed by atoms with Crippen molar-refractivity contribution >= 4 is 5.78 Å². The average Bonchev–Trinajstić information content (AvgIpc) is 1.64. The highest BCUT2D eigenvalue weighted by Crippen LogP contribution is 2.06. The molecular formula is C5H6F2O. The van der Waals surface area contributed by atoms with Gasteiger partial charge in [-0.25, -0.2) is 8.78 Å².